The van der Waals surface area contributed by atoms with E-state index in [1.807, 2.05) is 0 Å². The van der Waals surface area contributed by atoms with Crippen LogP contribution in [0.3, 0.4) is 0 Å². The van der Waals surface area contributed by atoms with Crippen LogP contribution < -0.4 is 10.1 Å². The Labute approximate surface area is 118 Å². The molecule has 0 aliphatic carbocycles. The lowest BCUT2D eigenvalue weighted by Gasteiger charge is -2.13. The van der Waals surface area contributed by atoms with Gasteiger partial charge in [-0.1, -0.05) is 11.6 Å². The number of nitrogens with one attached hydrogen (secondary N) is 1. The molecule has 1 aromatic rings. The van der Waals surface area contributed by atoms with Gasteiger partial charge >= 0.3 is 12.6 Å². The predicted molar refractivity (Wildman–Crippen MR) is 67.9 cm³/mol. The van der Waals surface area contributed by atoms with Crippen LogP contribution in [0.4, 0.5) is 14.5 Å². The maximum atomic E-state index is 12.0. The molecule has 20 heavy (non-hydrogen) atoms. The fourth-order valence-corrected chi connectivity index (χ4v) is 1.54. The second kappa shape index (κ2) is 7.04. The quantitative estimate of drug-likeness (QED) is 0.850. The molecule has 1 amide bonds. The lowest BCUT2D eigenvalue weighted by molar-refractivity contribution is -0.150. The molecule has 1 atom stereocenters. The van der Waals surface area contributed by atoms with Crippen molar-refractivity contribution >= 4 is 29.2 Å². The van der Waals surface area contributed by atoms with E-state index in [1.54, 1.807) is 0 Å². The summed E-state index contributed by atoms with van der Waals surface area (Å²) in [6.07, 6.45) is -0.983. The second-order valence-corrected chi connectivity index (χ2v) is 4.17. The van der Waals surface area contributed by atoms with Crippen LogP contribution in [0, 0.1) is 0 Å². The average molecular weight is 308 g/mol. The molecular weight excluding hydrogens is 296 g/mol. The van der Waals surface area contributed by atoms with Gasteiger partial charge in [-0.3, -0.25) is 9.59 Å². The Balaban J connectivity index is 2.71. The van der Waals surface area contributed by atoms with E-state index in [9.17, 15) is 18.4 Å². The first-order valence-corrected chi connectivity index (χ1v) is 5.90. The van der Waals surface area contributed by atoms with Crippen LogP contribution in [-0.4, -0.2) is 24.6 Å². The van der Waals surface area contributed by atoms with Crippen LogP contribution in [0.1, 0.15) is 13.8 Å². The molecule has 5 nitrogen and oxygen atoms in total. The highest BCUT2D eigenvalue weighted by Gasteiger charge is 2.16. The Bertz CT molecular complexity index is 510. The largest absolute Gasteiger partial charge is 0.453 e. The zero-order valence-corrected chi connectivity index (χ0v) is 11.4. The van der Waals surface area contributed by atoms with Crippen molar-refractivity contribution < 1.29 is 27.8 Å². The van der Waals surface area contributed by atoms with Gasteiger partial charge in [0, 0.05) is 12.6 Å². The highest BCUT2D eigenvalue weighted by atomic mass is 35.5. The van der Waals surface area contributed by atoms with Crippen LogP contribution in [0.2, 0.25) is 5.02 Å². The molecule has 0 unspecified atom stereocenters. The second-order valence-electron chi connectivity index (χ2n) is 3.76. The Morgan fingerprint density at radius 1 is 1.35 bits per heavy atom. The first kappa shape index (κ1) is 16.2. The molecule has 0 bridgehead atoms. The summed E-state index contributed by atoms with van der Waals surface area (Å²) in [5, 5.41) is 2.34. The van der Waals surface area contributed by atoms with Gasteiger partial charge in [0.25, 0.3) is 5.91 Å². The Kier molecular flexibility index (Phi) is 5.69. The van der Waals surface area contributed by atoms with Crippen LogP contribution >= 0.6 is 11.6 Å². The third kappa shape index (κ3) is 5.00. The van der Waals surface area contributed by atoms with E-state index < -0.39 is 24.6 Å². The van der Waals surface area contributed by atoms with E-state index in [2.05, 4.69) is 14.8 Å². The van der Waals surface area contributed by atoms with Gasteiger partial charge in [-0.25, -0.2) is 0 Å². The van der Waals surface area contributed by atoms with Gasteiger partial charge in [-0.05, 0) is 25.1 Å². The maximum absolute atomic E-state index is 12.0. The smallest absolute Gasteiger partial charge is 0.387 e. The summed E-state index contributed by atoms with van der Waals surface area (Å²) in [4.78, 5) is 22.3. The standard InChI is InChI=1S/C12H12ClF2NO4/c1-6(19-7(2)17)11(18)16-8-3-4-10(9(13)5-8)20-12(14)15/h3-6,12H,1-2H3,(H,16,18)/t6-/m0/s1. The molecule has 8 heteroatoms. The van der Waals surface area contributed by atoms with Crippen LogP contribution in [-0.2, 0) is 14.3 Å². The van der Waals surface area contributed by atoms with Gasteiger partial charge in [0.15, 0.2) is 6.10 Å². The summed E-state index contributed by atoms with van der Waals surface area (Å²) in [6, 6.07) is 3.78. The normalized spacial score (nSPS) is 11.9. The predicted octanol–water partition coefficient (Wildman–Crippen LogP) is 2.83. The summed E-state index contributed by atoms with van der Waals surface area (Å²) in [5.74, 6) is -1.36. The van der Waals surface area contributed by atoms with Crippen molar-refractivity contribution in [3.63, 3.8) is 0 Å². The third-order valence-corrected chi connectivity index (χ3v) is 2.42. The van der Waals surface area contributed by atoms with Crippen molar-refractivity contribution in [2.75, 3.05) is 5.32 Å². The Hall–Kier alpha value is -1.89. The molecule has 0 spiro atoms. The van der Waals surface area contributed by atoms with Gasteiger partial charge in [0.2, 0.25) is 0 Å². The number of carbonyl (C=O) groups is 2. The van der Waals surface area contributed by atoms with Crippen molar-refractivity contribution in [1.82, 2.24) is 0 Å². The van der Waals surface area contributed by atoms with Crippen molar-refractivity contribution in [3.05, 3.63) is 23.2 Å². The number of esters is 1. The molecule has 0 saturated carbocycles. The zero-order chi connectivity index (χ0) is 15.3. The van der Waals surface area contributed by atoms with Crippen LogP contribution in [0.15, 0.2) is 18.2 Å². The molecule has 0 fully saturated rings. The number of halogens is 3. The number of carbonyl (C=O) groups excluding carboxylic acids is 2. The molecule has 0 saturated heterocycles. The Morgan fingerprint density at radius 3 is 2.50 bits per heavy atom. The highest BCUT2D eigenvalue weighted by molar-refractivity contribution is 6.32. The zero-order valence-electron chi connectivity index (χ0n) is 10.7. The fourth-order valence-electron chi connectivity index (χ4n) is 1.32. The minimum absolute atomic E-state index is 0.0803. The van der Waals surface area contributed by atoms with E-state index in [1.165, 1.54) is 32.0 Å². The molecule has 0 aliphatic heterocycles. The molecule has 1 rings (SSSR count). The van der Waals surface area contributed by atoms with E-state index >= 15 is 0 Å². The number of anilines is 1. The summed E-state index contributed by atoms with van der Waals surface area (Å²) >= 11 is 5.73. The topological polar surface area (TPSA) is 64.6 Å². The number of amides is 1. The lowest BCUT2D eigenvalue weighted by Crippen LogP contribution is -2.29. The fraction of sp³-hybridized carbons (Fsp3) is 0.333. The SMILES string of the molecule is CC(=O)O[C@@H](C)C(=O)Nc1ccc(OC(F)F)c(Cl)c1. The van der Waals surface area contributed by atoms with Gasteiger partial charge in [0.05, 0.1) is 5.02 Å². The molecule has 0 heterocycles. The van der Waals surface area contributed by atoms with E-state index in [0.29, 0.717) is 0 Å². The van der Waals surface area contributed by atoms with Crippen molar-refractivity contribution in [1.29, 1.82) is 0 Å². The maximum Gasteiger partial charge on any atom is 0.387 e. The molecule has 0 aliphatic rings. The van der Waals surface area contributed by atoms with Crippen LogP contribution in [0.5, 0.6) is 5.75 Å². The van der Waals surface area contributed by atoms with Gasteiger partial charge < -0.3 is 14.8 Å². The summed E-state index contributed by atoms with van der Waals surface area (Å²) < 4.78 is 32.9. The van der Waals surface area contributed by atoms with Crippen molar-refractivity contribution in [3.8, 4) is 5.75 Å². The summed E-state index contributed by atoms with van der Waals surface area (Å²) in [7, 11) is 0. The number of hydrogen-bond acceptors (Lipinski definition) is 4. The number of alkyl halides is 2. The first-order chi connectivity index (χ1) is 9.29. The van der Waals surface area contributed by atoms with Crippen molar-refractivity contribution in [2.24, 2.45) is 0 Å². The molecule has 1 aromatic carbocycles. The first-order valence-electron chi connectivity index (χ1n) is 5.52. The number of hydrogen-bond donors (Lipinski definition) is 1. The number of benzene rings is 1. The van der Waals surface area contributed by atoms with Crippen molar-refractivity contribution in [2.45, 2.75) is 26.6 Å². The van der Waals surface area contributed by atoms with E-state index in [-0.39, 0.29) is 16.5 Å². The Morgan fingerprint density at radius 2 is 2.00 bits per heavy atom. The molecular formula is C12H12ClF2NO4. The molecule has 0 radical (unpaired) electrons. The minimum Gasteiger partial charge on any atom is -0.453 e. The van der Waals surface area contributed by atoms with Gasteiger partial charge in [-0.2, -0.15) is 8.78 Å². The van der Waals surface area contributed by atoms with Crippen LogP contribution in [0.25, 0.3) is 0 Å². The van der Waals surface area contributed by atoms with Gasteiger partial charge in [-0.15, -0.1) is 0 Å². The number of rotatable bonds is 5. The lowest BCUT2D eigenvalue weighted by atomic mass is 10.3. The molecule has 1 N–H and O–H groups in total. The highest BCUT2D eigenvalue weighted by Crippen LogP contribution is 2.28. The minimum atomic E-state index is -2.99. The summed E-state index contributed by atoms with van der Waals surface area (Å²) in [6.45, 7) is -0.416. The molecule has 110 valence electrons. The van der Waals surface area contributed by atoms with E-state index in [4.69, 9.17) is 11.6 Å². The number of ether oxygens (including phenoxy) is 2. The average Bonchev–Trinajstić information content (AvgIpc) is 2.31. The molecule has 0 aromatic heterocycles. The summed E-state index contributed by atoms with van der Waals surface area (Å²) in [5.41, 5.74) is 0.264. The van der Waals surface area contributed by atoms with E-state index in [0.717, 1.165) is 0 Å². The monoisotopic (exact) mass is 307 g/mol. The third-order valence-electron chi connectivity index (χ3n) is 2.13. The van der Waals surface area contributed by atoms with Gasteiger partial charge in [0.1, 0.15) is 5.75 Å².